The van der Waals surface area contributed by atoms with Crippen LogP contribution in [0.4, 0.5) is 0 Å². The van der Waals surface area contributed by atoms with Crippen molar-refractivity contribution in [3.05, 3.63) is 80.2 Å². The summed E-state index contributed by atoms with van der Waals surface area (Å²) < 4.78 is 1.58. The topological polar surface area (TPSA) is 59.3 Å². The molecule has 1 heterocycles. The molecule has 3 rings (SSSR count). The average molecular weight is 376 g/mol. The SMILES string of the molecule is O=C(O)CCc1cn(Cc2ccc(Cl)c(Cl)c2)c(=O)c2ccccc12. The number of halogens is 2. The summed E-state index contributed by atoms with van der Waals surface area (Å²) >= 11 is 12.0. The van der Waals surface area contributed by atoms with Gasteiger partial charge in [-0.1, -0.05) is 47.5 Å². The molecule has 1 N–H and O–H groups in total. The summed E-state index contributed by atoms with van der Waals surface area (Å²) in [5, 5.41) is 11.2. The highest BCUT2D eigenvalue weighted by atomic mass is 35.5. The molecular weight excluding hydrogens is 361 g/mol. The van der Waals surface area contributed by atoms with E-state index in [0.717, 1.165) is 16.5 Å². The first-order valence-corrected chi connectivity index (χ1v) is 8.48. The normalized spacial score (nSPS) is 11.0. The van der Waals surface area contributed by atoms with E-state index in [2.05, 4.69) is 0 Å². The van der Waals surface area contributed by atoms with Crippen molar-refractivity contribution in [2.24, 2.45) is 0 Å². The lowest BCUT2D eigenvalue weighted by molar-refractivity contribution is -0.136. The molecule has 0 aliphatic heterocycles. The maximum absolute atomic E-state index is 12.8. The number of aliphatic carboxylic acids is 1. The predicted molar refractivity (Wildman–Crippen MR) is 99.7 cm³/mol. The van der Waals surface area contributed by atoms with Crippen molar-refractivity contribution < 1.29 is 9.90 Å². The van der Waals surface area contributed by atoms with E-state index in [4.69, 9.17) is 28.3 Å². The van der Waals surface area contributed by atoms with Crippen LogP contribution in [0.2, 0.25) is 10.0 Å². The van der Waals surface area contributed by atoms with Crippen LogP contribution in [0.15, 0.2) is 53.5 Å². The standard InChI is InChI=1S/C19H15Cl2NO3/c20-16-7-5-12(9-17(16)21)10-22-11-13(6-8-18(23)24)14-3-1-2-4-15(14)19(22)25/h1-5,7,9,11H,6,8,10H2,(H,23,24). The van der Waals surface area contributed by atoms with Crippen LogP contribution in [-0.2, 0) is 17.8 Å². The first-order chi connectivity index (χ1) is 12.0. The lowest BCUT2D eigenvalue weighted by Gasteiger charge is -2.12. The molecule has 4 nitrogen and oxygen atoms in total. The van der Waals surface area contributed by atoms with E-state index in [9.17, 15) is 9.59 Å². The average Bonchev–Trinajstić information content (AvgIpc) is 2.59. The lowest BCUT2D eigenvalue weighted by atomic mass is 10.0. The van der Waals surface area contributed by atoms with E-state index in [1.807, 2.05) is 18.2 Å². The predicted octanol–water partition coefficient (Wildman–Crippen LogP) is 4.37. The van der Waals surface area contributed by atoms with E-state index in [-0.39, 0.29) is 12.0 Å². The number of fused-ring (bicyclic) bond motifs is 1. The van der Waals surface area contributed by atoms with Crippen LogP contribution in [-0.4, -0.2) is 15.6 Å². The van der Waals surface area contributed by atoms with E-state index in [1.165, 1.54) is 0 Å². The monoisotopic (exact) mass is 375 g/mol. The highest BCUT2D eigenvalue weighted by Crippen LogP contribution is 2.23. The van der Waals surface area contributed by atoms with Crippen LogP contribution < -0.4 is 5.56 Å². The van der Waals surface area contributed by atoms with Gasteiger partial charge in [-0.05, 0) is 41.1 Å². The molecule has 6 heteroatoms. The van der Waals surface area contributed by atoms with Crippen LogP contribution in [0.1, 0.15) is 17.5 Å². The molecule has 0 unspecified atom stereocenters. The van der Waals surface area contributed by atoms with Crippen molar-refractivity contribution in [1.82, 2.24) is 4.57 Å². The lowest BCUT2D eigenvalue weighted by Crippen LogP contribution is -2.21. The van der Waals surface area contributed by atoms with E-state index in [1.54, 1.807) is 35.0 Å². The van der Waals surface area contributed by atoms with Crippen molar-refractivity contribution in [2.75, 3.05) is 0 Å². The van der Waals surface area contributed by atoms with E-state index in [0.29, 0.717) is 28.4 Å². The van der Waals surface area contributed by atoms with Crippen LogP contribution in [0, 0.1) is 0 Å². The second-order valence-electron chi connectivity index (χ2n) is 5.78. The third kappa shape index (κ3) is 3.86. The second-order valence-corrected chi connectivity index (χ2v) is 6.59. The van der Waals surface area contributed by atoms with Gasteiger partial charge in [0, 0.05) is 18.0 Å². The molecule has 0 aliphatic carbocycles. The van der Waals surface area contributed by atoms with Gasteiger partial charge in [0.15, 0.2) is 0 Å². The smallest absolute Gasteiger partial charge is 0.303 e. The number of carboxylic acids is 1. The molecule has 128 valence electrons. The van der Waals surface area contributed by atoms with Gasteiger partial charge in [0.25, 0.3) is 5.56 Å². The zero-order chi connectivity index (χ0) is 18.0. The Hall–Kier alpha value is -2.30. The fourth-order valence-electron chi connectivity index (χ4n) is 2.81. The molecule has 0 saturated carbocycles. The van der Waals surface area contributed by atoms with Gasteiger partial charge in [-0.2, -0.15) is 0 Å². The number of pyridine rings is 1. The number of aryl methyl sites for hydroxylation is 1. The molecule has 0 spiro atoms. The van der Waals surface area contributed by atoms with E-state index >= 15 is 0 Å². The minimum Gasteiger partial charge on any atom is -0.481 e. The molecule has 0 atom stereocenters. The van der Waals surface area contributed by atoms with Crippen molar-refractivity contribution in [3.8, 4) is 0 Å². The fourth-order valence-corrected chi connectivity index (χ4v) is 3.13. The number of nitrogens with zero attached hydrogens (tertiary/aromatic N) is 1. The molecule has 0 saturated heterocycles. The van der Waals surface area contributed by atoms with Gasteiger partial charge in [0.2, 0.25) is 0 Å². The van der Waals surface area contributed by atoms with Gasteiger partial charge < -0.3 is 9.67 Å². The molecule has 1 aromatic heterocycles. The quantitative estimate of drug-likeness (QED) is 0.719. The fraction of sp³-hybridized carbons (Fsp3) is 0.158. The number of benzene rings is 2. The first-order valence-electron chi connectivity index (χ1n) is 7.72. The zero-order valence-electron chi connectivity index (χ0n) is 13.2. The van der Waals surface area contributed by atoms with Crippen LogP contribution >= 0.6 is 23.2 Å². The summed E-state index contributed by atoms with van der Waals surface area (Å²) in [7, 11) is 0. The third-order valence-electron chi connectivity index (χ3n) is 4.02. The van der Waals surface area contributed by atoms with Crippen molar-refractivity contribution >= 4 is 39.9 Å². The molecule has 25 heavy (non-hydrogen) atoms. The maximum atomic E-state index is 12.8. The molecule has 0 amide bonds. The number of carbonyl (C=O) groups is 1. The first kappa shape index (κ1) is 17.5. The Balaban J connectivity index is 2.07. The van der Waals surface area contributed by atoms with E-state index < -0.39 is 5.97 Å². The summed E-state index contributed by atoms with van der Waals surface area (Å²) in [5.41, 5.74) is 1.55. The van der Waals surface area contributed by atoms with Crippen LogP contribution in [0.25, 0.3) is 10.8 Å². The van der Waals surface area contributed by atoms with Crippen molar-refractivity contribution in [3.63, 3.8) is 0 Å². The number of hydrogen-bond acceptors (Lipinski definition) is 2. The Morgan fingerprint density at radius 1 is 1.04 bits per heavy atom. The summed E-state index contributed by atoms with van der Waals surface area (Å²) in [5.74, 6) is -0.869. The van der Waals surface area contributed by atoms with Gasteiger partial charge in [-0.15, -0.1) is 0 Å². The van der Waals surface area contributed by atoms with Crippen LogP contribution in [0.5, 0.6) is 0 Å². The summed E-state index contributed by atoms with van der Waals surface area (Å²) in [6, 6.07) is 12.5. The summed E-state index contributed by atoms with van der Waals surface area (Å²) in [4.78, 5) is 23.7. The number of carboxylic acid groups (broad SMARTS) is 1. The molecule has 3 aromatic rings. The number of rotatable bonds is 5. The molecular formula is C19H15Cl2NO3. The molecule has 0 fully saturated rings. The largest absolute Gasteiger partial charge is 0.481 e. The van der Waals surface area contributed by atoms with Gasteiger partial charge in [-0.3, -0.25) is 9.59 Å². The highest BCUT2D eigenvalue weighted by molar-refractivity contribution is 6.42. The maximum Gasteiger partial charge on any atom is 0.303 e. The van der Waals surface area contributed by atoms with Crippen molar-refractivity contribution in [2.45, 2.75) is 19.4 Å². The second kappa shape index (κ2) is 7.30. The Morgan fingerprint density at radius 2 is 1.76 bits per heavy atom. The van der Waals surface area contributed by atoms with Gasteiger partial charge in [0.05, 0.1) is 16.6 Å². The molecule has 0 aliphatic rings. The Morgan fingerprint density at radius 3 is 2.44 bits per heavy atom. The minimum absolute atomic E-state index is 0.00890. The Bertz CT molecular complexity index is 1010. The summed E-state index contributed by atoms with van der Waals surface area (Å²) in [6.45, 7) is 0.334. The molecule has 0 bridgehead atoms. The molecule has 2 aromatic carbocycles. The number of hydrogen-bond donors (Lipinski definition) is 1. The summed E-state index contributed by atoms with van der Waals surface area (Å²) in [6.07, 6.45) is 2.10. The Labute approximate surface area is 154 Å². The third-order valence-corrected chi connectivity index (χ3v) is 4.76. The molecule has 0 radical (unpaired) electrons. The Kier molecular flexibility index (Phi) is 5.11. The van der Waals surface area contributed by atoms with Crippen LogP contribution in [0.3, 0.4) is 0 Å². The zero-order valence-corrected chi connectivity index (χ0v) is 14.7. The van der Waals surface area contributed by atoms with Gasteiger partial charge in [0.1, 0.15) is 0 Å². The number of aromatic nitrogens is 1. The minimum atomic E-state index is -0.869. The van der Waals surface area contributed by atoms with Gasteiger partial charge in [-0.25, -0.2) is 0 Å². The van der Waals surface area contributed by atoms with Crippen molar-refractivity contribution in [1.29, 1.82) is 0 Å². The highest BCUT2D eigenvalue weighted by Gasteiger charge is 2.11. The van der Waals surface area contributed by atoms with Gasteiger partial charge >= 0.3 is 5.97 Å².